The molecule has 150 valence electrons. The van der Waals surface area contributed by atoms with Gasteiger partial charge in [-0.1, -0.05) is 6.92 Å². The lowest BCUT2D eigenvalue weighted by Crippen LogP contribution is -2.54. The molecular formula is C20H26FN5O2. The second kappa shape index (κ2) is 8.10. The number of nitrogens with two attached hydrogens (primary N) is 2. The first kappa shape index (κ1) is 20.0. The second-order valence-electron chi connectivity index (χ2n) is 7.63. The van der Waals surface area contributed by atoms with Crippen LogP contribution in [-0.2, 0) is 9.59 Å². The van der Waals surface area contributed by atoms with E-state index >= 15 is 0 Å². The quantitative estimate of drug-likeness (QED) is 0.714. The second-order valence-corrected chi connectivity index (χ2v) is 7.63. The number of aryl methyl sites for hydroxylation is 1. The summed E-state index contributed by atoms with van der Waals surface area (Å²) < 4.78 is 14.5. The fourth-order valence-electron chi connectivity index (χ4n) is 3.86. The topological polar surface area (TPSA) is 114 Å². The largest absolute Gasteiger partial charge is 0.370 e. The van der Waals surface area contributed by atoms with Crippen LogP contribution in [0.5, 0.6) is 0 Å². The maximum Gasteiger partial charge on any atom is 0.237 e. The Labute approximate surface area is 163 Å². The number of nitrogens with one attached hydrogen (secondary N) is 1. The molecule has 1 aromatic carbocycles. The van der Waals surface area contributed by atoms with Crippen molar-refractivity contribution in [2.45, 2.75) is 38.8 Å². The number of amides is 2. The molecule has 0 aliphatic carbocycles. The van der Waals surface area contributed by atoms with E-state index in [0.29, 0.717) is 17.6 Å². The number of carbonyl (C=O) groups is 2. The van der Waals surface area contributed by atoms with Crippen LogP contribution in [0.25, 0.3) is 10.9 Å². The molecule has 0 bridgehead atoms. The molecule has 0 radical (unpaired) electrons. The first-order valence-corrected chi connectivity index (χ1v) is 9.39. The Bertz CT molecular complexity index is 904. The predicted molar refractivity (Wildman–Crippen MR) is 106 cm³/mol. The molecule has 7 nitrogen and oxygen atoms in total. The highest BCUT2D eigenvalue weighted by Crippen LogP contribution is 2.32. The Kier molecular flexibility index (Phi) is 5.79. The third-order valence-electron chi connectivity index (χ3n) is 5.17. The molecule has 2 heterocycles. The van der Waals surface area contributed by atoms with E-state index in [-0.39, 0.29) is 24.2 Å². The smallest absolute Gasteiger partial charge is 0.237 e. The first-order valence-electron chi connectivity index (χ1n) is 9.39. The lowest BCUT2D eigenvalue weighted by Gasteiger charge is -2.39. The molecule has 3 atom stereocenters. The van der Waals surface area contributed by atoms with Gasteiger partial charge in [-0.05, 0) is 37.5 Å². The summed E-state index contributed by atoms with van der Waals surface area (Å²) in [6.45, 7) is 5.06. The molecule has 1 fully saturated rings. The molecular weight excluding hydrogens is 361 g/mol. The summed E-state index contributed by atoms with van der Waals surface area (Å²) in [5.74, 6) is -1.04. The van der Waals surface area contributed by atoms with E-state index in [1.54, 1.807) is 13.1 Å². The maximum atomic E-state index is 14.5. The van der Waals surface area contributed by atoms with Crippen molar-refractivity contribution in [3.05, 3.63) is 35.8 Å². The van der Waals surface area contributed by atoms with Gasteiger partial charge in [-0.15, -0.1) is 0 Å². The van der Waals surface area contributed by atoms with Crippen LogP contribution in [0.3, 0.4) is 0 Å². The molecule has 1 aliphatic heterocycles. The summed E-state index contributed by atoms with van der Waals surface area (Å²) in [7, 11) is 0. The number of anilines is 1. The van der Waals surface area contributed by atoms with Crippen LogP contribution >= 0.6 is 0 Å². The number of rotatable bonds is 5. The number of hydrogen-bond donors (Lipinski definition) is 3. The normalized spacial score (nSPS) is 20.8. The van der Waals surface area contributed by atoms with Gasteiger partial charge in [-0.3, -0.25) is 14.6 Å². The van der Waals surface area contributed by atoms with E-state index < -0.39 is 17.9 Å². The summed E-state index contributed by atoms with van der Waals surface area (Å²) in [5, 5.41) is 3.79. The summed E-state index contributed by atoms with van der Waals surface area (Å²) in [6, 6.07) is 4.17. The van der Waals surface area contributed by atoms with Crippen LogP contribution in [0.1, 0.15) is 25.3 Å². The number of hydrogen-bond acceptors (Lipinski definition) is 5. The highest BCUT2D eigenvalue weighted by Gasteiger charge is 2.29. The van der Waals surface area contributed by atoms with Crippen molar-refractivity contribution in [2.75, 3.05) is 18.0 Å². The summed E-state index contributed by atoms with van der Waals surface area (Å²) in [6.07, 6.45) is 2.23. The van der Waals surface area contributed by atoms with E-state index in [4.69, 9.17) is 11.5 Å². The Morgan fingerprint density at radius 1 is 1.43 bits per heavy atom. The van der Waals surface area contributed by atoms with Crippen LogP contribution in [0.4, 0.5) is 10.1 Å². The highest BCUT2D eigenvalue weighted by atomic mass is 19.1. The van der Waals surface area contributed by atoms with E-state index in [1.165, 1.54) is 6.07 Å². The first-order chi connectivity index (χ1) is 13.3. The highest BCUT2D eigenvalue weighted by molar-refractivity contribution is 5.94. The van der Waals surface area contributed by atoms with E-state index in [0.717, 1.165) is 24.0 Å². The van der Waals surface area contributed by atoms with Crippen molar-refractivity contribution < 1.29 is 14.0 Å². The SMILES string of the molecule is Cc1c(F)cc(N2C[C@@H](C)C[C@@H](NC(=O)[C@@H](N)CC(N)=O)C2)c2cccnc12. The number of carbonyl (C=O) groups excluding carboxylic acids is 2. The van der Waals surface area contributed by atoms with Crippen LogP contribution in [0.15, 0.2) is 24.4 Å². The van der Waals surface area contributed by atoms with Gasteiger partial charge in [-0.2, -0.15) is 0 Å². The zero-order valence-electron chi connectivity index (χ0n) is 16.1. The lowest BCUT2D eigenvalue weighted by molar-refractivity contribution is -0.126. The number of piperidine rings is 1. The monoisotopic (exact) mass is 387 g/mol. The van der Waals surface area contributed by atoms with Gasteiger partial charge in [0, 0.05) is 42.0 Å². The van der Waals surface area contributed by atoms with Crippen LogP contribution < -0.4 is 21.7 Å². The van der Waals surface area contributed by atoms with E-state index in [2.05, 4.69) is 22.1 Å². The van der Waals surface area contributed by atoms with Crippen molar-refractivity contribution in [2.24, 2.45) is 17.4 Å². The molecule has 1 aliphatic rings. The molecule has 3 rings (SSSR count). The predicted octanol–water partition coefficient (Wildman–Crippen LogP) is 1.22. The van der Waals surface area contributed by atoms with Gasteiger partial charge in [0.2, 0.25) is 11.8 Å². The van der Waals surface area contributed by atoms with Crippen LogP contribution in [0, 0.1) is 18.7 Å². The van der Waals surface area contributed by atoms with Gasteiger partial charge in [0.1, 0.15) is 5.82 Å². The van der Waals surface area contributed by atoms with Crippen molar-refractivity contribution in [1.82, 2.24) is 10.3 Å². The van der Waals surface area contributed by atoms with Gasteiger partial charge in [-0.25, -0.2) is 4.39 Å². The average molecular weight is 387 g/mol. The Morgan fingerprint density at radius 2 is 2.18 bits per heavy atom. The number of nitrogens with zero attached hydrogens (tertiary/aromatic N) is 2. The number of halogens is 1. The Hall–Kier alpha value is -2.74. The number of primary amides is 1. The third-order valence-corrected chi connectivity index (χ3v) is 5.17. The molecule has 2 aromatic rings. The summed E-state index contributed by atoms with van der Waals surface area (Å²) in [5.41, 5.74) is 12.8. The standard InChI is InChI=1S/C20H26FN5O2/c1-11-6-13(25-20(28)16(22)8-18(23)27)10-26(9-11)17-7-15(21)12(2)19-14(17)4-3-5-24-19/h3-5,7,11,13,16H,6,8-10,22H2,1-2H3,(H2,23,27)(H,25,28)/t11-,13+,16-/m0/s1. The van der Waals surface area contributed by atoms with Crippen LogP contribution in [0.2, 0.25) is 0 Å². The van der Waals surface area contributed by atoms with Gasteiger partial charge in [0.25, 0.3) is 0 Å². The minimum absolute atomic E-state index is 0.161. The van der Waals surface area contributed by atoms with E-state index in [1.807, 2.05) is 12.1 Å². The van der Waals surface area contributed by atoms with Crippen molar-refractivity contribution in [3.63, 3.8) is 0 Å². The summed E-state index contributed by atoms with van der Waals surface area (Å²) in [4.78, 5) is 29.7. The molecule has 0 spiro atoms. The molecule has 0 saturated carbocycles. The van der Waals surface area contributed by atoms with Gasteiger partial charge < -0.3 is 21.7 Å². The lowest BCUT2D eigenvalue weighted by atomic mass is 9.94. The van der Waals surface area contributed by atoms with Crippen molar-refractivity contribution in [3.8, 4) is 0 Å². The van der Waals surface area contributed by atoms with Gasteiger partial charge >= 0.3 is 0 Å². The number of aromatic nitrogens is 1. The molecule has 0 unspecified atom stereocenters. The average Bonchev–Trinajstić information content (AvgIpc) is 2.63. The van der Waals surface area contributed by atoms with E-state index in [9.17, 15) is 14.0 Å². The molecule has 5 N–H and O–H groups in total. The molecule has 1 aromatic heterocycles. The zero-order chi connectivity index (χ0) is 20.4. The fourth-order valence-corrected chi connectivity index (χ4v) is 3.86. The molecule has 28 heavy (non-hydrogen) atoms. The minimum atomic E-state index is -0.968. The van der Waals surface area contributed by atoms with Crippen LogP contribution in [-0.4, -0.2) is 42.0 Å². The van der Waals surface area contributed by atoms with Crippen molar-refractivity contribution in [1.29, 1.82) is 0 Å². The number of benzene rings is 1. The maximum absolute atomic E-state index is 14.5. The fraction of sp³-hybridized carbons (Fsp3) is 0.450. The minimum Gasteiger partial charge on any atom is -0.370 e. The number of pyridine rings is 1. The molecule has 2 amide bonds. The Morgan fingerprint density at radius 3 is 2.89 bits per heavy atom. The third kappa shape index (κ3) is 4.22. The van der Waals surface area contributed by atoms with Gasteiger partial charge in [0.15, 0.2) is 0 Å². The van der Waals surface area contributed by atoms with Gasteiger partial charge in [0.05, 0.1) is 18.0 Å². The van der Waals surface area contributed by atoms with Crippen molar-refractivity contribution >= 4 is 28.4 Å². The molecule has 1 saturated heterocycles. The zero-order valence-corrected chi connectivity index (χ0v) is 16.1. The number of fused-ring (bicyclic) bond motifs is 1. The summed E-state index contributed by atoms with van der Waals surface area (Å²) >= 11 is 0. The Balaban J connectivity index is 1.84. The molecule has 8 heteroatoms.